The molecule has 1 heterocycles. The van der Waals surface area contributed by atoms with E-state index in [-0.39, 0.29) is 6.61 Å². The van der Waals surface area contributed by atoms with E-state index in [4.69, 9.17) is 13.9 Å². The average Bonchev–Trinajstić information content (AvgIpc) is 2.88. The maximum Gasteiger partial charge on any atom is 0.253 e. The predicted octanol–water partition coefficient (Wildman–Crippen LogP) is 2.56. The lowest BCUT2D eigenvalue weighted by Crippen LogP contribution is -2.00. The summed E-state index contributed by atoms with van der Waals surface area (Å²) in [4.78, 5) is 11.0. The van der Waals surface area contributed by atoms with Crippen LogP contribution in [0.3, 0.4) is 0 Å². The second-order valence-electron chi connectivity index (χ2n) is 4.17. The van der Waals surface area contributed by atoms with Gasteiger partial charge >= 0.3 is 0 Å². The van der Waals surface area contributed by atoms with Crippen molar-refractivity contribution in [3.05, 3.63) is 35.5 Å². The monoisotopic (exact) mass is 276 g/mol. The summed E-state index contributed by atoms with van der Waals surface area (Å²) in [7, 11) is 0. The molecule has 6 heteroatoms. The van der Waals surface area contributed by atoms with Gasteiger partial charge in [-0.15, -0.1) is 10.2 Å². The Kier molecular flexibility index (Phi) is 4.70. The summed E-state index contributed by atoms with van der Waals surface area (Å²) in [6.45, 7) is 4.45. The molecule has 0 fully saturated rings. The summed E-state index contributed by atoms with van der Waals surface area (Å²) < 4.78 is 16.3. The third kappa shape index (κ3) is 3.57. The zero-order valence-corrected chi connectivity index (χ0v) is 11.5. The SMILES string of the molecule is CCCOc1ccc(C=O)c(OCc2nnc(C)o2)c1. The Bertz CT molecular complexity index is 580. The van der Waals surface area contributed by atoms with Crippen LogP contribution in [0, 0.1) is 6.92 Å². The Labute approximate surface area is 116 Å². The zero-order chi connectivity index (χ0) is 14.4. The van der Waals surface area contributed by atoms with E-state index in [0.29, 0.717) is 35.5 Å². The highest BCUT2D eigenvalue weighted by atomic mass is 16.5. The number of hydrogen-bond donors (Lipinski definition) is 0. The second-order valence-corrected chi connectivity index (χ2v) is 4.17. The topological polar surface area (TPSA) is 74.5 Å². The summed E-state index contributed by atoms with van der Waals surface area (Å²) >= 11 is 0. The van der Waals surface area contributed by atoms with Crippen molar-refractivity contribution in [2.75, 3.05) is 6.61 Å². The predicted molar refractivity (Wildman–Crippen MR) is 71.0 cm³/mol. The molecule has 2 aromatic rings. The van der Waals surface area contributed by atoms with E-state index in [1.54, 1.807) is 25.1 Å². The van der Waals surface area contributed by atoms with Crippen LogP contribution in [0.4, 0.5) is 0 Å². The number of hydrogen-bond acceptors (Lipinski definition) is 6. The summed E-state index contributed by atoms with van der Waals surface area (Å²) in [6, 6.07) is 5.08. The molecule has 2 rings (SSSR count). The van der Waals surface area contributed by atoms with E-state index < -0.39 is 0 Å². The molecular weight excluding hydrogens is 260 g/mol. The molecule has 106 valence electrons. The number of aldehydes is 1. The first-order chi connectivity index (χ1) is 9.72. The van der Waals surface area contributed by atoms with Gasteiger partial charge in [-0.05, 0) is 18.6 Å². The lowest BCUT2D eigenvalue weighted by molar-refractivity contribution is 0.111. The van der Waals surface area contributed by atoms with Crippen LogP contribution in [-0.2, 0) is 6.61 Å². The summed E-state index contributed by atoms with van der Waals surface area (Å²) in [5.41, 5.74) is 0.449. The van der Waals surface area contributed by atoms with E-state index in [2.05, 4.69) is 10.2 Å². The van der Waals surface area contributed by atoms with Gasteiger partial charge in [-0.2, -0.15) is 0 Å². The van der Waals surface area contributed by atoms with Gasteiger partial charge in [0.25, 0.3) is 5.89 Å². The first-order valence-corrected chi connectivity index (χ1v) is 6.36. The minimum atomic E-state index is 0.110. The van der Waals surface area contributed by atoms with Gasteiger partial charge in [0, 0.05) is 13.0 Å². The van der Waals surface area contributed by atoms with E-state index >= 15 is 0 Å². The highest BCUT2D eigenvalue weighted by Gasteiger charge is 2.08. The fraction of sp³-hybridized carbons (Fsp3) is 0.357. The number of carbonyl (C=O) groups is 1. The highest BCUT2D eigenvalue weighted by Crippen LogP contribution is 2.24. The number of aromatic nitrogens is 2. The summed E-state index contributed by atoms with van der Waals surface area (Å²) in [5, 5.41) is 7.54. The number of nitrogens with zero attached hydrogens (tertiary/aromatic N) is 2. The van der Waals surface area contributed by atoms with Gasteiger partial charge in [-0.25, -0.2) is 0 Å². The number of carbonyl (C=O) groups excluding carboxylic acids is 1. The summed E-state index contributed by atoms with van der Waals surface area (Å²) in [6.07, 6.45) is 1.64. The molecule has 0 aliphatic rings. The first-order valence-electron chi connectivity index (χ1n) is 6.36. The minimum absolute atomic E-state index is 0.110. The molecule has 20 heavy (non-hydrogen) atoms. The van der Waals surface area contributed by atoms with Crippen LogP contribution in [0.5, 0.6) is 11.5 Å². The van der Waals surface area contributed by atoms with Gasteiger partial charge in [0.05, 0.1) is 12.2 Å². The number of ether oxygens (including phenoxy) is 2. The van der Waals surface area contributed by atoms with Gasteiger partial charge in [0.2, 0.25) is 5.89 Å². The van der Waals surface area contributed by atoms with Gasteiger partial charge in [0.1, 0.15) is 11.5 Å². The van der Waals surface area contributed by atoms with Crippen LogP contribution < -0.4 is 9.47 Å². The van der Waals surface area contributed by atoms with Crippen LogP contribution in [-0.4, -0.2) is 23.1 Å². The minimum Gasteiger partial charge on any atom is -0.493 e. The second kappa shape index (κ2) is 6.70. The van der Waals surface area contributed by atoms with Gasteiger partial charge in [0.15, 0.2) is 12.9 Å². The number of aryl methyl sites for hydroxylation is 1. The molecule has 1 aromatic heterocycles. The fourth-order valence-corrected chi connectivity index (χ4v) is 1.58. The van der Waals surface area contributed by atoms with Crippen molar-refractivity contribution in [1.29, 1.82) is 0 Å². The Morgan fingerprint density at radius 3 is 2.80 bits per heavy atom. The largest absolute Gasteiger partial charge is 0.493 e. The normalized spacial score (nSPS) is 10.3. The fourth-order valence-electron chi connectivity index (χ4n) is 1.58. The van der Waals surface area contributed by atoms with Gasteiger partial charge in [-0.1, -0.05) is 6.92 Å². The molecule has 0 radical (unpaired) electrons. The average molecular weight is 276 g/mol. The molecule has 0 saturated heterocycles. The van der Waals surface area contributed by atoms with Crippen molar-refractivity contribution in [2.45, 2.75) is 26.9 Å². The van der Waals surface area contributed by atoms with Crippen molar-refractivity contribution in [1.82, 2.24) is 10.2 Å². The molecular formula is C14H16N2O4. The van der Waals surface area contributed by atoms with E-state index in [9.17, 15) is 4.79 Å². The van der Waals surface area contributed by atoms with Gasteiger partial charge < -0.3 is 13.9 Å². The Balaban J connectivity index is 2.09. The standard InChI is InChI=1S/C14H16N2O4/c1-3-6-18-12-5-4-11(8-17)13(7-12)19-9-14-16-15-10(2)20-14/h4-5,7-8H,3,6,9H2,1-2H3. The van der Waals surface area contributed by atoms with Crippen LogP contribution in [0.1, 0.15) is 35.5 Å². The number of benzene rings is 1. The van der Waals surface area contributed by atoms with Gasteiger partial charge in [-0.3, -0.25) is 4.79 Å². The Hall–Kier alpha value is -2.37. The molecule has 0 amide bonds. The lowest BCUT2D eigenvalue weighted by Gasteiger charge is -2.09. The van der Waals surface area contributed by atoms with Crippen LogP contribution in [0.2, 0.25) is 0 Å². The van der Waals surface area contributed by atoms with Crippen LogP contribution in [0.25, 0.3) is 0 Å². The van der Waals surface area contributed by atoms with E-state index in [1.807, 2.05) is 6.92 Å². The van der Waals surface area contributed by atoms with Crippen molar-refractivity contribution >= 4 is 6.29 Å². The smallest absolute Gasteiger partial charge is 0.253 e. The Morgan fingerprint density at radius 1 is 1.30 bits per heavy atom. The molecule has 0 saturated carbocycles. The molecule has 0 bridgehead atoms. The molecule has 6 nitrogen and oxygen atoms in total. The van der Waals surface area contributed by atoms with E-state index in [0.717, 1.165) is 12.7 Å². The van der Waals surface area contributed by atoms with Crippen LogP contribution >= 0.6 is 0 Å². The maximum atomic E-state index is 11.0. The van der Waals surface area contributed by atoms with Crippen LogP contribution in [0.15, 0.2) is 22.6 Å². The molecule has 0 atom stereocenters. The third-order valence-electron chi connectivity index (χ3n) is 2.50. The number of rotatable bonds is 7. The molecule has 0 spiro atoms. The first kappa shape index (κ1) is 14.0. The van der Waals surface area contributed by atoms with Crippen molar-refractivity contribution < 1.29 is 18.7 Å². The maximum absolute atomic E-state index is 11.0. The highest BCUT2D eigenvalue weighted by molar-refractivity contribution is 5.79. The lowest BCUT2D eigenvalue weighted by atomic mass is 10.2. The Morgan fingerprint density at radius 2 is 2.15 bits per heavy atom. The summed E-state index contributed by atoms with van der Waals surface area (Å²) in [5.74, 6) is 1.93. The van der Waals surface area contributed by atoms with Crippen molar-refractivity contribution in [3.8, 4) is 11.5 Å². The van der Waals surface area contributed by atoms with E-state index in [1.165, 1.54) is 0 Å². The molecule has 0 unspecified atom stereocenters. The molecule has 0 aliphatic heterocycles. The molecule has 0 aliphatic carbocycles. The molecule has 0 N–H and O–H groups in total. The van der Waals surface area contributed by atoms with Crippen molar-refractivity contribution in [3.63, 3.8) is 0 Å². The quantitative estimate of drug-likeness (QED) is 0.723. The van der Waals surface area contributed by atoms with Crippen molar-refractivity contribution in [2.24, 2.45) is 0 Å². The zero-order valence-electron chi connectivity index (χ0n) is 11.5. The molecule has 1 aromatic carbocycles. The third-order valence-corrected chi connectivity index (χ3v) is 2.50.